The Kier molecular flexibility index (Phi) is 4.43. The first kappa shape index (κ1) is 11.0. The van der Waals surface area contributed by atoms with Gasteiger partial charge < -0.3 is 16.2 Å². The molecule has 0 amide bonds. The van der Waals surface area contributed by atoms with Crippen LogP contribution in [0.5, 0.6) is 0 Å². The Morgan fingerprint density at radius 3 is 2.79 bits per heavy atom. The molecule has 0 aliphatic carbocycles. The number of hydrogen-bond acceptors (Lipinski definition) is 3. The Bertz CT molecular complexity index is 276. The average molecular weight is 194 g/mol. The highest BCUT2D eigenvalue weighted by Gasteiger charge is 2.02. The van der Waals surface area contributed by atoms with Gasteiger partial charge in [0.1, 0.15) is 0 Å². The molecule has 0 aliphatic heterocycles. The molecular formula is C11H18N2O. The number of benzene rings is 1. The third kappa shape index (κ3) is 3.01. The first-order valence-electron chi connectivity index (χ1n) is 4.96. The first-order valence-corrected chi connectivity index (χ1v) is 4.96. The molecule has 3 nitrogen and oxygen atoms in total. The van der Waals surface area contributed by atoms with E-state index in [9.17, 15) is 0 Å². The minimum atomic E-state index is -0.195. The molecule has 0 aliphatic rings. The van der Waals surface area contributed by atoms with E-state index in [1.807, 2.05) is 18.2 Å². The van der Waals surface area contributed by atoms with E-state index < -0.39 is 0 Å². The molecule has 0 bridgehead atoms. The molecular weight excluding hydrogens is 176 g/mol. The third-order valence-electron chi connectivity index (χ3n) is 2.19. The van der Waals surface area contributed by atoms with Crippen molar-refractivity contribution >= 4 is 5.69 Å². The highest BCUT2D eigenvalue weighted by Crippen LogP contribution is 2.14. The van der Waals surface area contributed by atoms with Gasteiger partial charge in [-0.05, 0) is 18.1 Å². The molecule has 0 radical (unpaired) electrons. The Hall–Kier alpha value is -1.06. The van der Waals surface area contributed by atoms with Gasteiger partial charge in [-0.25, -0.2) is 0 Å². The molecule has 4 N–H and O–H groups in total. The van der Waals surface area contributed by atoms with E-state index in [1.54, 1.807) is 0 Å². The van der Waals surface area contributed by atoms with Crippen molar-refractivity contribution in [2.24, 2.45) is 5.73 Å². The molecule has 1 rings (SSSR count). The third-order valence-corrected chi connectivity index (χ3v) is 2.19. The summed E-state index contributed by atoms with van der Waals surface area (Å²) in [5.74, 6) is 0. The van der Waals surface area contributed by atoms with Crippen LogP contribution >= 0.6 is 0 Å². The first-order chi connectivity index (χ1) is 6.77. The lowest BCUT2D eigenvalue weighted by Gasteiger charge is -2.13. The summed E-state index contributed by atoms with van der Waals surface area (Å²) in [5.41, 5.74) is 7.99. The second-order valence-electron chi connectivity index (χ2n) is 3.33. The van der Waals surface area contributed by atoms with E-state index in [1.165, 1.54) is 5.56 Å². The van der Waals surface area contributed by atoms with Gasteiger partial charge in [0, 0.05) is 18.3 Å². The smallest absolute Gasteiger partial charge is 0.0599 e. The quantitative estimate of drug-likeness (QED) is 0.655. The number of aryl methyl sites for hydroxylation is 1. The summed E-state index contributed by atoms with van der Waals surface area (Å²) in [7, 11) is 0. The molecule has 1 aromatic rings. The largest absolute Gasteiger partial charge is 0.395 e. The summed E-state index contributed by atoms with van der Waals surface area (Å²) in [4.78, 5) is 0. The monoisotopic (exact) mass is 194 g/mol. The van der Waals surface area contributed by atoms with Crippen LogP contribution in [0.25, 0.3) is 0 Å². The van der Waals surface area contributed by atoms with Gasteiger partial charge in [0.2, 0.25) is 0 Å². The number of hydrogen-bond donors (Lipinski definition) is 3. The van der Waals surface area contributed by atoms with E-state index in [2.05, 4.69) is 18.3 Å². The molecule has 3 heteroatoms. The van der Waals surface area contributed by atoms with Gasteiger partial charge in [-0.15, -0.1) is 0 Å². The van der Waals surface area contributed by atoms with Gasteiger partial charge in [0.25, 0.3) is 0 Å². The van der Waals surface area contributed by atoms with Gasteiger partial charge in [-0.2, -0.15) is 0 Å². The van der Waals surface area contributed by atoms with Crippen molar-refractivity contribution < 1.29 is 5.11 Å². The minimum Gasteiger partial charge on any atom is -0.395 e. The molecule has 78 valence electrons. The summed E-state index contributed by atoms with van der Waals surface area (Å²) in [6.45, 7) is 2.74. The number of nitrogens with one attached hydrogen (secondary N) is 1. The van der Waals surface area contributed by atoms with Crippen LogP contribution in [0.15, 0.2) is 24.3 Å². The van der Waals surface area contributed by atoms with E-state index in [-0.39, 0.29) is 12.6 Å². The summed E-state index contributed by atoms with van der Waals surface area (Å²) in [5, 5.41) is 12.0. The number of anilines is 1. The summed E-state index contributed by atoms with van der Waals surface area (Å²) >= 11 is 0. The van der Waals surface area contributed by atoms with Crippen LogP contribution in [0.2, 0.25) is 0 Å². The molecule has 0 saturated heterocycles. The molecule has 1 atom stereocenters. The standard InChI is InChI=1S/C11H18N2O/c1-2-9-5-3-4-6-11(9)13-7-10(12)8-14/h3-6,10,13-14H,2,7-8,12H2,1H3. The second-order valence-corrected chi connectivity index (χ2v) is 3.33. The van der Waals surface area contributed by atoms with Crippen molar-refractivity contribution in [3.8, 4) is 0 Å². The van der Waals surface area contributed by atoms with Gasteiger partial charge in [0.15, 0.2) is 0 Å². The zero-order valence-electron chi connectivity index (χ0n) is 8.53. The van der Waals surface area contributed by atoms with E-state index in [0.29, 0.717) is 6.54 Å². The Balaban J connectivity index is 2.57. The lowest BCUT2D eigenvalue weighted by atomic mass is 10.1. The molecule has 0 heterocycles. The topological polar surface area (TPSA) is 58.3 Å². The fourth-order valence-corrected chi connectivity index (χ4v) is 1.31. The lowest BCUT2D eigenvalue weighted by molar-refractivity contribution is 0.270. The number of nitrogens with two attached hydrogens (primary N) is 1. The Morgan fingerprint density at radius 2 is 2.14 bits per heavy atom. The van der Waals surface area contributed by atoms with Crippen molar-refractivity contribution in [1.29, 1.82) is 0 Å². The number of rotatable bonds is 5. The molecule has 0 aromatic heterocycles. The van der Waals surface area contributed by atoms with E-state index in [0.717, 1.165) is 12.1 Å². The number of para-hydroxylation sites is 1. The molecule has 1 aromatic carbocycles. The number of aliphatic hydroxyl groups is 1. The van der Waals surface area contributed by atoms with Crippen LogP contribution in [0.3, 0.4) is 0 Å². The predicted octanol–water partition coefficient (Wildman–Crippen LogP) is 0.980. The van der Waals surface area contributed by atoms with Crippen LogP contribution in [0.1, 0.15) is 12.5 Å². The Morgan fingerprint density at radius 1 is 1.43 bits per heavy atom. The fraction of sp³-hybridized carbons (Fsp3) is 0.455. The van der Waals surface area contributed by atoms with Gasteiger partial charge in [0.05, 0.1) is 6.61 Å². The van der Waals surface area contributed by atoms with Crippen molar-refractivity contribution in [3.63, 3.8) is 0 Å². The van der Waals surface area contributed by atoms with Gasteiger partial charge in [-0.1, -0.05) is 25.1 Å². The van der Waals surface area contributed by atoms with Crippen LogP contribution in [-0.2, 0) is 6.42 Å². The predicted molar refractivity (Wildman–Crippen MR) is 59.4 cm³/mol. The highest BCUT2D eigenvalue weighted by molar-refractivity contribution is 5.51. The molecule has 1 unspecified atom stereocenters. The summed E-state index contributed by atoms with van der Waals surface area (Å²) < 4.78 is 0. The zero-order chi connectivity index (χ0) is 10.4. The van der Waals surface area contributed by atoms with Crippen LogP contribution in [0.4, 0.5) is 5.69 Å². The average Bonchev–Trinajstić information content (AvgIpc) is 2.26. The van der Waals surface area contributed by atoms with E-state index >= 15 is 0 Å². The molecule has 0 fully saturated rings. The SMILES string of the molecule is CCc1ccccc1NCC(N)CO. The van der Waals surface area contributed by atoms with Crippen molar-refractivity contribution in [2.45, 2.75) is 19.4 Å². The number of aliphatic hydroxyl groups excluding tert-OH is 1. The maximum Gasteiger partial charge on any atom is 0.0599 e. The highest BCUT2D eigenvalue weighted by atomic mass is 16.3. The summed E-state index contributed by atoms with van der Waals surface area (Å²) in [6, 6.07) is 7.94. The maximum atomic E-state index is 8.77. The maximum absolute atomic E-state index is 8.77. The van der Waals surface area contributed by atoms with Crippen molar-refractivity contribution in [3.05, 3.63) is 29.8 Å². The fourth-order valence-electron chi connectivity index (χ4n) is 1.31. The summed E-state index contributed by atoms with van der Waals surface area (Å²) in [6.07, 6.45) is 0.998. The molecule has 0 saturated carbocycles. The Labute approximate surface area is 84.9 Å². The van der Waals surface area contributed by atoms with Crippen molar-refractivity contribution in [2.75, 3.05) is 18.5 Å². The molecule has 0 spiro atoms. The zero-order valence-corrected chi connectivity index (χ0v) is 8.53. The van der Waals surface area contributed by atoms with Gasteiger partial charge >= 0.3 is 0 Å². The van der Waals surface area contributed by atoms with Crippen LogP contribution in [0, 0.1) is 0 Å². The normalized spacial score (nSPS) is 12.5. The van der Waals surface area contributed by atoms with Gasteiger partial charge in [-0.3, -0.25) is 0 Å². The van der Waals surface area contributed by atoms with Crippen molar-refractivity contribution in [1.82, 2.24) is 0 Å². The molecule has 14 heavy (non-hydrogen) atoms. The minimum absolute atomic E-state index is 0.0152. The lowest BCUT2D eigenvalue weighted by Crippen LogP contribution is -2.32. The van der Waals surface area contributed by atoms with Crippen LogP contribution in [-0.4, -0.2) is 24.3 Å². The van der Waals surface area contributed by atoms with E-state index in [4.69, 9.17) is 10.8 Å². The second kappa shape index (κ2) is 5.62. The van der Waals surface area contributed by atoms with Crippen LogP contribution < -0.4 is 11.1 Å².